The van der Waals surface area contributed by atoms with Gasteiger partial charge < -0.3 is 5.32 Å². The van der Waals surface area contributed by atoms with Crippen LogP contribution >= 0.6 is 0 Å². The Morgan fingerprint density at radius 1 is 1.14 bits per heavy atom. The Labute approximate surface area is 171 Å². The molecule has 0 bridgehead atoms. The molecule has 0 radical (unpaired) electrons. The van der Waals surface area contributed by atoms with E-state index in [2.05, 4.69) is 52.8 Å². The van der Waals surface area contributed by atoms with Crippen LogP contribution in [0.25, 0.3) is 11.1 Å². The van der Waals surface area contributed by atoms with Crippen LogP contribution in [0.15, 0.2) is 42.5 Å². The Kier molecular flexibility index (Phi) is 4.12. The molecule has 3 aromatic rings. The quantitative estimate of drug-likeness (QED) is 0.627. The molecule has 2 N–H and O–H groups in total. The third-order valence-electron chi connectivity index (χ3n) is 6.82. The van der Waals surface area contributed by atoms with Crippen LogP contribution in [0.2, 0.25) is 0 Å². The highest BCUT2D eigenvalue weighted by molar-refractivity contribution is 5.92. The molecule has 5 rings (SSSR count). The van der Waals surface area contributed by atoms with E-state index in [0.717, 1.165) is 34.6 Å². The molecule has 1 atom stereocenters. The molecule has 1 saturated carbocycles. The summed E-state index contributed by atoms with van der Waals surface area (Å²) in [5.74, 6) is 0.465. The van der Waals surface area contributed by atoms with E-state index in [9.17, 15) is 4.79 Å². The van der Waals surface area contributed by atoms with Gasteiger partial charge in [0, 0.05) is 23.4 Å². The predicted octanol–water partition coefficient (Wildman–Crippen LogP) is 5.45. The van der Waals surface area contributed by atoms with Gasteiger partial charge in [0.25, 0.3) is 0 Å². The van der Waals surface area contributed by atoms with Crippen LogP contribution in [0.3, 0.4) is 0 Å². The van der Waals surface area contributed by atoms with Crippen molar-refractivity contribution < 1.29 is 4.79 Å². The molecule has 1 spiro atoms. The molecule has 0 aliphatic heterocycles. The van der Waals surface area contributed by atoms with Crippen molar-refractivity contribution in [2.45, 2.75) is 52.4 Å². The van der Waals surface area contributed by atoms with Gasteiger partial charge in [0.15, 0.2) is 0 Å². The molecule has 1 fully saturated rings. The Hall–Kier alpha value is -2.88. The van der Waals surface area contributed by atoms with E-state index < -0.39 is 0 Å². The van der Waals surface area contributed by atoms with Gasteiger partial charge in [-0.1, -0.05) is 35.9 Å². The number of carbonyl (C=O) groups is 1. The first kappa shape index (κ1) is 18.2. The molecule has 0 saturated heterocycles. The maximum atomic E-state index is 12.9. The molecule has 1 aromatic heterocycles. The minimum Gasteiger partial charge on any atom is -0.326 e. The second-order valence-corrected chi connectivity index (χ2v) is 8.93. The molecule has 1 unspecified atom stereocenters. The minimum atomic E-state index is 0.109. The van der Waals surface area contributed by atoms with Gasteiger partial charge in [0.05, 0.1) is 5.69 Å². The Bertz CT molecular complexity index is 1070. The van der Waals surface area contributed by atoms with Crippen molar-refractivity contribution in [2.24, 2.45) is 5.41 Å². The molecule has 4 nitrogen and oxygen atoms in total. The summed E-state index contributed by atoms with van der Waals surface area (Å²) in [5, 5.41) is 10.4. The first-order valence-electron chi connectivity index (χ1n) is 10.5. The standard InChI is InChI=1S/C25H27N3O/c1-15-4-9-21-19(12-15)14-25(10-11-25)22(21)13-23(29)26-20-7-5-18(6-8-20)24-16(2)27-28-17(24)3/h4-9,12,22H,10-11,13-14H2,1-3H3,(H,26,29)(H,27,28). The average Bonchev–Trinajstić information content (AvgIpc) is 3.30. The number of carbonyl (C=O) groups excluding carboxylic acids is 1. The number of hydrogen-bond acceptors (Lipinski definition) is 2. The van der Waals surface area contributed by atoms with Crippen molar-refractivity contribution in [1.29, 1.82) is 0 Å². The predicted molar refractivity (Wildman–Crippen MR) is 116 cm³/mol. The fourth-order valence-electron chi connectivity index (χ4n) is 5.17. The van der Waals surface area contributed by atoms with Crippen LogP contribution in [0.5, 0.6) is 0 Å². The van der Waals surface area contributed by atoms with Gasteiger partial charge in [-0.15, -0.1) is 0 Å². The highest BCUT2D eigenvalue weighted by atomic mass is 16.1. The van der Waals surface area contributed by atoms with E-state index in [0.29, 0.717) is 17.8 Å². The number of benzene rings is 2. The number of aromatic nitrogens is 2. The van der Waals surface area contributed by atoms with E-state index in [1.165, 1.54) is 29.5 Å². The van der Waals surface area contributed by atoms with Gasteiger partial charge in [-0.05, 0) is 80.2 Å². The van der Waals surface area contributed by atoms with Crippen molar-refractivity contribution >= 4 is 11.6 Å². The normalized spacial score (nSPS) is 18.7. The van der Waals surface area contributed by atoms with E-state index in [-0.39, 0.29) is 5.91 Å². The molecule has 29 heavy (non-hydrogen) atoms. The maximum Gasteiger partial charge on any atom is 0.225 e. The van der Waals surface area contributed by atoms with Crippen LogP contribution in [-0.2, 0) is 11.2 Å². The lowest BCUT2D eigenvalue weighted by Crippen LogP contribution is -2.19. The van der Waals surface area contributed by atoms with Crippen molar-refractivity contribution in [1.82, 2.24) is 10.2 Å². The largest absolute Gasteiger partial charge is 0.326 e. The molecule has 1 amide bonds. The highest BCUT2D eigenvalue weighted by Crippen LogP contribution is 2.64. The minimum absolute atomic E-state index is 0.109. The van der Waals surface area contributed by atoms with Gasteiger partial charge in [0.1, 0.15) is 0 Å². The lowest BCUT2D eigenvalue weighted by atomic mass is 9.86. The summed E-state index contributed by atoms with van der Waals surface area (Å²) in [6.07, 6.45) is 4.20. The summed E-state index contributed by atoms with van der Waals surface area (Å²) in [5.41, 5.74) is 9.65. The van der Waals surface area contributed by atoms with Crippen LogP contribution in [-0.4, -0.2) is 16.1 Å². The average molecular weight is 386 g/mol. The van der Waals surface area contributed by atoms with Crippen LogP contribution in [0.4, 0.5) is 5.69 Å². The zero-order chi connectivity index (χ0) is 20.2. The highest BCUT2D eigenvalue weighted by Gasteiger charge is 2.54. The first-order chi connectivity index (χ1) is 13.9. The molecule has 148 valence electrons. The van der Waals surface area contributed by atoms with Crippen molar-refractivity contribution in [3.63, 3.8) is 0 Å². The van der Waals surface area contributed by atoms with E-state index in [1.54, 1.807) is 0 Å². The third-order valence-corrected chi connectivity index (χ3v) is 6.82. The lowest BCUT2D eigenvalue weighted by molar-refractivity contribution is -0.116. The molecule has 2 aromatic carbocycles. The molecular weight excluding hydrogens is 358 g/mol. The number of fused-ring (bicyclic) bond motifs is 1. The fourth-order valence-corrected chi connectivity index (χ4v) is 5.17. The fraction of sp³-hybridized carbons (Fsp3) is 0.360. The van der Waals surface area contributed by atoms with Crippen LogP contribution < -0.4 is 5.32 Å². The van der Waals surface area contributed by atoms with Crippen molar-refractivity contribution in [3.05, 3.63) is 70.5 Å². The number of H-pyrrole nitrogens is 1. The number of aromatic amines is 1. The number of anilines is 1. The molecule has 4 heteroatoms. The lowest BCUT2D eigenvalue weighted by Gasteiger charge is -2.19. The number of amides is 1. The van der Waals surface area contributed by atoms with Crippen LogP contribution in [0, 0.1) is 26.2 Å². The number of aryl methyl sites for hydroxylation is 3. The smallest absolute Gasteiger partial charge is 0.225 e. The topological polar surface area (TPSA) is 57.8 Å². The van der Waals surface area contributed by atoms with E-state index in [4.69, 9.17) is 0 Å². The Morgan fingerprint density at radius 2 is 1.90 bits per heavy atom. The maximum absolute atomic E-state index is 12.9. The summed E-state index contributed by atoms with van der Waals surface area (Å²) in [4.78, 5) is 12.9. The van der Waals surface area contributed by atoms with Gasteiger partial charge in [-0.2, -0.15) is 5.10 Å². The number of rotatable bonds is 4. The zero-order valence-electron chi connectivity index (χ0n) is 17.3. The number of hydrogen-bond donors (Lipinski definition) is 2. The van der Waals surface area contributed by atoms with E-state index >= 15 is 0 Å². The van der Waals surface area contributed by atoms with Crippen molar-refractivity contribution in [2.75, 3.05) is 5.32 Å². The Morgan fingerprint density at radius 3 is 2.55 bits per heavy atom. The SMILES string of the molecule is Cc1ccc2c(c1)CC1(CC1)C2CC(=O)Nc1ccc(-c2c(C)n[nH]c2C)cc1. The summed E-state index contributed by atoms with van der Waals surface area (Å²) >= 11 is 0. The van der Waals surface area contributed by atoms with Crippen molar-refractivity contribution in [3.8, 4) is 11.1 Å². The summed E-state index contributed by atoms with van der Waals surface area (Å²) in [7, 11) is 0. The van der Waals surface area contributed by atoms with Gasteiger partial charge in [-0.3, -0.25) is 9.89 Å². The summed E-state index contributed by atoms with van der Waals surface area (Å²) in [6.45, 7) is 6.18. The second kappa shape index (κ2) is 6.58. The second-order valence-electron chi connectivity index (χ2n) is 8.93. The van der Waals surface area contributed by atoms with E-state index in [1.807, 2.05) is 26.0 Å². The molecule has 1 heterocycles. The zero-order valence-corrected chi connectivity index (χ0v) is 17.3. The summed E-state index contributed by atoms with van der Waals surface area (Å²) < 4.78 is 0. The monoisotopic (exact) mass is 385 g/mol. The molecule has 2 aliphatic rings. The first-order valence-corrected chi connectivity index (χ1v) is 10.5. The third kappa shape index (κ3) is 3.17. The van der Waals surface area contributed by atoms with Gasteiger partial charge >= 0.3 is 0 Å². The molecule has 2 aliphatic carbocycles. The van der Waals surface area contributed by atoms with Gasteiger partial charge in [0.2, 0.25) is 5.91 Å². The van der Waals surface area contributed by atoms with Gasteiger partial charge in [-0.25, -0.2) is 0 Å². The Balaban J connectivity index is 1.30. The number of nitrogens with one attached hydrogen (secondary N) is 2. The molecular formula is C25H27N3O. The number of nitrogens with zero attached hydrogens (tertiary/aromatic N) is 1. The summed E-state index contributed by atoms with van der Waals surface area (Å²) in [6, 6.07) is 14.8. The van der Waals surface area contributed by atoms with Crippen LogP contribution in [0.1, 0.15) is 53.3 Å².